The highest BCUT2D eigenvalue weighted by Gasteiger charge is 2.17. The fourth-order valence-electron chi connectivity index (χ4n) is 2.87. The van der Waals surface area contributed by atoms with Crippen molar-refractivity contribution in [1.82, 2.24) is 10.6 Å². The van der Waals surface area contributed by atoms with E-state index in [0.29, 0.717) is 16.3 Å². The van der Waals surface area contributed by atoms with Crippen LogP contribution in [0, 0.1) is 5.82 Å². The van der Waals surface area contributed by atoms with Gasteiger partial charge in [0.2, 0.25) is 0 Å². The molecule has 110 valence electrons. The average Bonchev–Trinajstić information content (AvgIpc) is 2.76. The zero-order valence-corrected chi connectivity index (χ0v) is 11.9. The van der Waals surface area contributed by atoms with Crippen molar-refractivity contribution in [2.75, 3.05) is 13.1 Å². The number of hydrogen-bond acceptors (Lipinski definition) is 2. The van der Waals surface area contributed by atoms with Gasteiger partial charge in [0.05, 0.1) is 0 Å². The highest BCUT2D eigenvalue weighted by molar-refractivity contribution is 6.07. The first kappa shape index (κ1) is 14.0. The van der Waals surface area contributed by atoms with Crippen LogP contribution in [0.1, 0.15) is 29.6 Å². The van der Waals surface area contributed by atoms with E-state index in [0.717, 1.165) is 32.4 Å². The predicted molar refractivity (Wildman–Crippen MR) is 81.9 cm³/mol. The van der Waals surface area contributed by atoms with Gasteiger partial charge in [-0.25, -0.2) is 4.39 Å². The minimum absolute atomic E-state index is 0.125. The molecule has 0 saturated carbocycles. The number of carbonyl (C=O) groups excluding carboxylic acids is 1. The first-order chi connectivity index (χ1) is 10.3. The van der Waals surface area contributed by atoms with E-state index in [-0.39, 0.29) is 17.8 Å². The number of amides is 1. The maximum Gasteiger partial charge on any atom is 0.252 e. The molecule has 2 N–H and O–H groups in total. The van der Waals surface area contributed by atoms with Crippen LogP contribution >= 0.6 is 0 Å². The van der Waals surface area contributed by atoms with Crippen LogP contribution < -0.4 is 10.6 Å². The summed E-state index contributed by atoms with van der Waals surface area (Å²) in [5.74, 6) is -0.418. The van der Waals surface area contributed by atoms with E-state index in [4.69, 9.17) is 0 Å². The van der Waals surface area contributed by atoms with Crippen molar-refractivity contribution in [2.24, 2.45) is 0 Å². The molecule has 3 nitrogen and oxygen atoms in total. The fraction of sp³-hybridized carbons (Fsp3) is 0.353. The lowest BCUT2D eigenvalue weighted by Crippen LogP contribution is -2.40. The number of carbonyl (C=O) groups is 1. The smallest absolute Gasteiger partial charge is 0.252 e. The molecule has 1 atom stereocenters. The normalized spacial score (nSPS) is 19.2. The van der Waals surface area contributed by atoms with E-state index in [9.17, 15) is 9.18 Å². The van der Waals surface area contributed by atoms with Crippen LogP contribution in [0.15, 0.2) is 36.4 Å². The summed E-state index contributed by atoms with van der Waals surface area (Å²) >= 11 is 0. The number of benzene rings is 2. The summed E-state index contributed by atoms with van der Waals surface area (Å²) < 4.78 is 13.8. The maximum absolute atomic E-state index is 13.8. The van der Waals surface area contributed by atoms with Crippen molar-refractivity contribution in [3.63, 3.8) is 0 Å². The van der Waals surface area contributed by atoms with Gasteiger partial charge in [0.25, 0.3) is 5.91 Å². The van der Waals surface area contributed by atoms with Gasteiger partial charge in [-0.1, -0.05) is 30.7 Å². The van der Waals surface area contributed by atoms with Crippen molar-refractivity contribution in [1.29, 1.82) is 0 Å². The van der Waals surface area contributed by atoms with Crippen molar-refractivity contribution < 1.29 is 9.18 Å². The molecule has 0 aliphatic carbocycles. The molecule has 0 bridgehead atoms. The summed E-state index contributed by atoms with van der Waals surface area (Å²) in [6.07, 6.45) is 3.24. The SMILES string of the molecule is O=C(NC1CCCCNC1)c1ccc(F)c2ccccc12. The van der Waals surface area contributed by atoms with Gasteiger partial charge in [-0.3, -0.25) is 4.79 Å². The molecule has 21 heavy (non-hydrogen) atoms. The molecular formula is C17H19FN2O. The van der Waals surface area contributed by atoms with E-state index in [2.05, 4.69) is 10.6 Å². The zero-order valence-electron chi connectivity index (χ0n) is 11.9. The summed E-state index contributed by atoms with van der Waals surface area (Å²) in [5, 5.41) is 7.54. The number of nitrogens with one attached hydrogen (secondary N) is 2. The number of rotatable bonds is 2. The van der Waals surface area contributed by atoms with Crippen LogP contribution in [0.5, 0.6) is 0 Å². The van der Waals surface area contributed by atoms with Gasteiger partial charge in [0, 0.05) is 23.5 Å². The second kappa shape index (κ2) is 6.22. The zero-order chi connectivity index (χ0) is 14.7. The van der Waals surface area contributed by atoms with Gasteiger partial charge in [-0.05, 0) is 36.9 Å². The fourth-order valence-corrected chi connectivity index (χ4v) is 2.87. The van der Waals surface area contributed by atoms with E-state index in [1.165, 1.54) is 6.07 Å². The molecule has 1 fully saturated rings. The Labute approximate surface area is 123 Å². The van der Waals surface area contributed by atoms with Gasteiger partial charge < -0.3 is 10.6 Å². The molecule has 1 heterocycles. The minimum Gasteiger partial charge on any atom is -0.348 e. The molecule has 4 heteroatoms. The van der Waals surface area contributed by atoms with Crippen molar-refractivity contribution >= 4 is 16.7 Å². The van der Waals surface area contributed by atoms with Crippen LogP contribution in [0.4, 0.5) is 4.39 Å². The maximum atomic E-state index is 13.8. The van der Waals surface area contributed by atoms with Gasteiger partial charge in [0.1, 0.15) is 5.82 Å². The predicted octanol–water partition coefficient (Wildman–Crippen LogP) is 2.85. The standard InChI is InChI=1S/C17H19FN2O/c18-16-9-8-15(13-6-1-2-7-14(13)16)17(21)20-12-5-3-4-10-19-11-12/h1-2,6-9,12,19H,3-5,10-11H2,(H,20,21). The van der Waals surface area contributed by atoms with Crippen molar-refractivity contribution in [3.05, 3.63) is 47.8 Å². The van der Waals surface area contributed by atoms with Crippen LogP contribution in [0.25, 0.3) is 10.8 Å². The summed E-state index contributed by atoms with van der Waals surface area (Å²) in [6, 6.07) is 10.2. The third-order valence-corrected chi connectivity index (χ3v) is 4.00. The third kappa shape index (κ3) is 3.05. The number of halogens is 1. The van der Waals surface area contributed by atoms with E-state index in [1.54, 1.807) is 24.3 Å². The van der Waals surface area contributed by atoms with Crippen LogP contribution in [-0.4, -0.2) is 25.0 Å². The summed E-state index contributed by atoms with van der Waals surface area (Å²) in [6.45, 7) is 1.80. The second-order valence-corrected chi connectivity index (χ2v) is 5.51. The molecule has 2 aromatic carbocycles. The number of hydrogen-bond donors (Lipinski definition) is 2. The highest BCUT2D eigenvalue weighted by atomic mass is 19.1. The molecule has 0 spiro atoms. The minimum atomic E-state index is -0.293. The van der Waals surface area contributed by atoms with Gasteiger partial charge >= 0.3 is 0 Å². The first-order valence-corrected chi connectivity index (χ1v) is 7.44. The molecule has 1 unspecified atom stereocenters. The Morgan fingerprint density at radius 3 is 2.81 bits per heavy atom. The van der Waals surface area contributed by atoms with Gasteiger partial charge in [0.15, 0.2) is 0 Å². The lowest BCUT2D eigenvalue weighted by molar-refractivity contribution is 0.0937. The van der Waals surface area contributed by atoms with E-state index < -0.39 is 0 Å². The summed E-state index contributed by atoms with van der Waals surface area (Å²) in [7, 11) is 0. The Morgan fingerprint density at radius 1 is 1.14 bits per heavy atom. The summed E-state index contributed by atoms with van der Waals surface area (Å²) in [4.78, 5) is 12.5. The molecule has 1 aliphatic rings. The van der Waals surface area contributed by atoms with Gasteiger partial charge in [-0.2, -0.15) is 0 Å². The van der Waals surface area contributed by atoms with Crippen molar-refractivity contribution in [3.8, 4) is 0 Å². The Hall–Kier alpha value is -1.94. The van der Waals surface area contributed by atoms with Crippen LogP contribution in [0.3, 0.4) is 0 Å². The molecule has 1 saturated heterocycles. The quantitative estimate of drug-likeness (QED) is 0.891. The molecule has 1 aliphatic heterocycles. The average molecular weight is 286 g/mol. The Bertz CT molecular complexity index is 648. The Kier molecular flexibility index (Phi) is 4.15. The monoisotopic (exact) mass is 286 g/mol. The largest absolute Gasteiger partial charge is 0.348 e. The molecule has 0 aromatic heterocycles. The van der Waals surface area contributed by atoms with E-state index >= 15 is 0 Å². The Balaban J connectivity index is 1.86. The molecule has 3 rings (SSSR count). The second-order valence-electron chi connectivity index (χ2n) is 5.51. The molecule has 1 amide bonds. The lowest BCUT2D eigenvalue weighted by atomic mass is 10.0. The molecule has 2 aromatic rings. The van der Waals surface area contributed by atoms with Crippen LogP contribution in [-0.2, 0) is 0 Å². The topological polar surface area (TPSA) is 41.1 Å². The summed E-state index contributed by atoms with van der Waals surface area (Å²) in [5.41, 5.74) is 0.538. The number of fused-ring (bicyclic) bond motifs is 1. The first-order valence-electron chi connectivity index (χ1n) is 7.44. The van der Waals surface area contributed by atoms with Crippen LogP contribution in [0.2, 0.25) is 0 Å². The van der Waals surface area contributed by atoms with E-state index in [1.807, 2.05) is 6.07 Å². The third-order valence-electron chi connectivity index (χ3n) is 4.00. The highest BCUT2D eigenvalue weighted by Crippen LogP contribution is 2.22. The van der Waals surface area contributed by atoms with Crippen molar-refractivity contribution in [2.45, 2.75) is 25.3 Å². The lowest BCUT2D eigenvalue weighted by Gasteiger charge is -2.17. The molecule has 0 radical (unpaired) electrons. The Morgan fingerprint density at radius 2 is 1.95 bits per heavy atom. The van der Waals surface area contributed by atoms with Gasteiger partial charge in [-0.15, -0.1) is 0 Å². The molecular weight excluding hydrogens is 267 g/mol.